The van der Waals surface area contributed by atoms with Crippen LogP contribution in [0.1, 0.15) is 44.7 Å². The normalized spacial score (nSPS) is 11.0. The molecule has 30 heavy (non-hydrogen) atoms. The number of aromatic amines is 1. The number of carbonyl (C=O) groups is 1. The summed E-state index contributed by atoms with van der Waals surface area (Å²) in [5.74, 6) is -0.112. The van der Waals surface area contributed by atoms with Crippen molar-refractivity contribution in [3.63, 3.8) is 0 Å². The zero-order chi connectivity index (χ0) is 22.4. The molecule has 4 N–H and O–H groups in total. The molecule has 0 aliphatic carbocycles. The molecule has 0 saturated carbocycles. The Morgan fingerprint density at radius 3 is 2.60 bits per heavy atom. The number of anilines is 3. The minimum absolute atomic E-state index is 0.0101. The summed E-state index contributed by atoms with van der Waals surface area (Å²) in [6, 6.07) is 5.85. The van der Waals surface area contributed by atoms with Crippen molar-refractivity contribution in [2.75, 3.05) is 29.0 Å². The van der Waals surface area contributed by atoms with Gasteiger partial charge in [-0.3, -0.25) is 19.1 Å². The fourth-order valence-corrected chi connectivity index (χ4v) is 3.27. The number of nitrogen functional groups attached to an aromatic ring is 1. The maximum Gasteiger partial charge on any atom is 0.330 e. The molecule has 2 aromatic rings. The number of amides is 1. The topological polar surface area (TPSA) is 113 Å². The molecule has 0 spiro atoms. The number of rotatable bonds is 9. The summed E-state index contributed by atoms with van der Waals surface area (Å²) in [5.41, 5.74) is 8.11. The van der Waals surface area contributed by atoms with Gasteiger partial charge in [-0.2, -0.15) is 0 Å². The van der Waals surface area contributed by atoms with Gasteiger partial charge in [0.15, 0.2) is 5.69 Å². The molecular weight excluding hydrogens is 382 g/mol. The molecule has 0 unspecified atom stereocenters. The first-order chi connectivity index (χ1) is 14.2. The van der Waals surface area contributed by atoms with Gasteiger partial charge in [-0.1, -0.05) is 39.3 Å². The first kappa shape index (κ1) is 23.3. The molecule has 1 heterocycles. The largest absolute Gasteiger partial charge is 0.383 e. The maximum absolute atomic E-state index is 13.1. The van der Waals surface area contributed by atoms with Gasteiger partial charge < -0.3 is 16.0 Å². The molecule has 1 aromatic carbocycles. The van der Waals surface area contributed by atoms with E-state index in [0.717, 1.165) is 23.2 Å². The van der Waals surface area contributed by atoms with Gasteiger partial charge in [0, 0.05) is 18.8 Å². The van der Waals surface area contributed by atoms with Gasteiger partial charge in [-0.15, -0.1) is 0 Å². The molecule has 0 radical (unpaired) electrons. The van der Waals surface area contributed by atoms with E-state index < -0.39 is 11.2 Å². The highest BCUT2D eigenvalue weighted by Gasteiger charge is 2.24. The van der Waals surface area contributed by atoms with Crippen molar-refractivity contribution in [1.29, 1.82) is 0 Å². The smallest absolute Gasteiger partial charge is 0.330 e. The number of carbonyl (C=O) groups excluding carboxylic acids is 1. The highest BCUT2D eigenvalue weighted by molar-refractivity contribution is 5.98. The molecule has 1 amide bonds. The van der Waals surface area contributed by atoms with Crippen molar-refractivity contribution in [1.82, 2.24) is 9.55 Å². The summed E-state index contributed by atoms with van der Waals surface area (Å²) < 4.78 is 1.33. The molecule has 2 rings (SSSR count). The third-order valence-corrected chi connectivity index (χ3v) is 5.10. The number of nitrogens with two attached hydrogens (primary N) is 1. The third-order valence-electron chi connectivity index (χ3n) is 5.10. The SMILES string of the molecule is CCCCN(C(=O)CNc1cccc(C)c1C)c1c(N)n(CC(C)C)c(=O)[nH]c1=O. The molecule has 164 valence electrons. The Morgan fingerprint density at radius 1 is 1.27 bits per heavy atom. The predicted molar refractivity (Wildman–Crippen MR) is 122 cm³/mol. The number of aryl methyl sites for hydroxylation is 1. The van der Waals surface area contributed by atoms with Gasteiger partial charge in [-0.25, -0.2) is 4.79 Å². The van der Waals surface area contributed by atoms with Crippen LogP contribution in [-0.2, 0) is 11.3 Å². The average molecular weight is 416 g/mol. The van der Waals surface area contributed by atoms with Gasteiger partial charge in [0.05, 0.1) is 6.54 Å². The van der Waals surface area contributed by atoms with Crippen LogP contribution in [0.25, 0.3) is 0 Å². The fraction of sp³-hybridized carbons (Fsp3) is 0.500. The second-order valence-corrected chi connectivity index (χ2v) is 8.00. The summed E-state index contributed by atoms with van der Waals surface area (Å²) in [7, 11) is 0. The first-order valence-electron chi connectivity index (χ1n) is 10.4. The predicted octanol–water partition coefficient (Wildman–Crippen LogP) is 2.64. The Morgan fingerprint density at radius 2 is 1.97 bits per heavy atom. The zero-order valence-electron chi connectivity index (χ0n) is 18.5. The van der Waals surface area contributed by atoms with E-state index >= 15 is 0 Å². The quantitative estimate of drug-likeness (QED) is 0.583. The van der Waals surface area contributed by atoms with Crippen molar-refractivity contribution in [2.24, 2.45) is 5.92 Å². The van der Waals surface area contributed by atoms with E-state index in [1.807, 2.05) is 52.8 Å². The van der Waals surface area contributed by atoms with E-state index in [0.29, 0.717) is 19.5 Å². The number of H-pyrrole nitrogens is 1. The van der Waals surface area contributed by atoms with Crippen LogP contribution in [0.4, 0.5) is 17.2 Å². The second kappa shape index (κ2) is 10.1. The molecule has 8 nitrogen and oxygen atoms in total. The Balaban J connectivity index is 2.39. The van der Waals surface area contributed by atoms with Crippen LogP contribution in [0.3, 0.4) is 0 Å². The Bertz CT molecular complexity index is 1010. The Labute approximate surface area is 177 Å². The van der Waals surface area contributed by atoms with Gasteiger partial charge in [0.1, 0.15) is 5.82 Å². The van der Waals surface area contributed by atoms with E-state index in [4.69, 9.17) is 5.73 Å². The lowest BCUT2D eigenvalue weighted by Gasteiger charge is -2.25. The van der Waals surface area contributed by atoms with Crippen molar-refractivity contribution in [3.8, 4) is 0 Å². The van der Waals surface area contributed by atoms with Crippen LogP contribution < -0.4 is 27.2 Å². The van der Waals surface area contributed by atoms with Crippen molar-refractivity contribution < 1.29 is 4.79 Å². The van der Waals surface area contributed by atoms with Gasteiger partial charge in [0.25, 0.3) is 5.56 Å². The van der Waals surface area contributed by atoms with Crippen LogP contribution in [0, 0.1) is 19.8 Å². The number of hydrogen-bond donors (Lipinski definition) is 3. The number of aromatic nitrogens is 2. The van der Waals surface area contributed by atoms with Crippen molar-refractivity contribution >= 4 is 23.1 Å². The number of hydrogen-bond acceptors (Lipinski definition) is 5. The number of nitrogens with one attached hydrogen (secondary N) is 2. The second-order valence-electron chi connectivity index (χ2n) is 8.00. The van der Waals surface area contributed by atoms with E-state index in [2.05, 4.69) is 10.3 Å². The van der Waals surface area contributed by atoms with E-state index in [9.17, 15) is 14.4 Å². The number of unbranched alkanes of at least 4 members (excludes halogenated alkanes) is 1. The number of nitrogens with zero attached hydrogens (tertiary/aromatic N) is 2. The van der Waals surface area contributed by atoms with Gasteiger partial charge in [0.2, 0.25) is 5.91 Å². The maximum atomic E-state index is 13.1. The molecule has 1 aromatic heterocycles. The molecule has 8 heteroatoms. The van der Waals surface area contributed by atoms with E-state index in [1.165, 1.54) is 9.47 Å². The molecule has 0 atom stereocenters. The van der Waals surface area contributed by atoms with Crippen LogP contribution in [0.15, 0.2) is 27.8 Å². The summed E-state index contributed by atoms with van der Waals surface area (Å²) in [5, 5.41) is 3.16. The molecule has 0 aliphatic heterocycles. The summed E-state index contributed by atoms with van der Waals surface area (Å²) in [4.78, 5) is 41.7. The molecular formula is C22H33N5O3. The molecule has 0 aliphatic rings. The van der Waals surface area contributed by atoms with E-state index in [1.54, 1.807) is 0 Å². The van der Waals surface area contributed by atoms with Crippen molar-refractivity contribution in [2.45, 2.75) is 54.0 Å². The van der Waals surface area contributed by atoms with Crippen LogP contribution >= 0.6 is 0 Å². The lowest BCUT2D eigenvalue weighted by atomic mass is 10.1. The lowest BCUT2D eigenvalue weighted by Crippen LogP contribution is -2.43. The summed E-state index contributed by atoms with van der Waals surface area (Å²) in [6.45, 7) is 10.6. The average Bonchev–Trinajstić information content (AvgIpc) is 2.68. The Kier molecular flexibility index (Phi) is 7.86. The third kappa shape index (κ3) is 5.31. The zero-order valence-corrected chi connectivity index (χ0v) is 18.5. The van der Waals surface area contributed by atoms with Crippen LogP contribution in [0.2, 0.25) is 0 Å². The highest BCUT2D eigenvalue weighted by atomic mass is 16.2. The molecule has 0 bridgehead atoms. The monoisotopic (exact) mass is 415 g/mol. The van der Waals surface area contributed by atoms with Crippen LogP contribution in [-0.4, -0.2) is 28.5 Å². The fourth-order valence-electron chi connectivity index (χ4n) is 3.27. The minimum atomic E-state index is -0.645. The summed E-state index contributed by atoms with van der Waals surface area (Å²) in [6.07, 6.45) is 1.55. The standard InChI is InChI=1S/C22H33N5O3/c1-6-7-11-26(18(28)12-24-17-10-8-9-15(4)16(17)5)19-20(23)27(13-14(2)3)22(30)25-21(19)29/h8-10,14,24H,6-7,11-13,23H2,1-5H3,(H,25,29,30). The lowest BCUT2D eigenvalue weighted by molar-refractivity contribution is -0.117. The first-order valence-corrected chi connectivity index (χ1v) is 10.4. The van der Waals surface area contributed by atoms with Crippen LogP contribution in [0.5, 0.6) is 0 Å². The summed E-state index contributed by atoms with van der Waals surface area (Å²) >= 11 is 0. The van der Waals surface area contributed by atoms with Gasteiger partial charge in [-0.05, 0) is 43.4 Å². The minimum Gasteiger partial charge on any atom is -0.383 e. The van der Waals surface area contributed by atoms with Crippen molar-refractivity contribution in [3.05, 3.63) is 50.2 Å². The van der Waals surface area contributed by atoms with Gasteiger partial charge >= 0.3 is 5.69 Å². The van der Waals surface area contributed by atoms with E-state index in [-0.39, 0.29) is 29.9 Å². The number of benzene rings is 1. The molecule has 0 fully saturated rings. The highest BCUT2D eigenvalue weighted by Crippen LogP contribution is 2.20. The molecule has 0 saturated heterocycles. The Hall–Kier alpha value is -3.03.